The smallest absolute Gasteiger partial charge is 0.408 e. The number of nitrogens with one attached hydrogen (secondary N) is 1. The second-order valence-corrected chi connectivity index (χ2v) is 12.8. The summed E-state index contributed by atoms with van der Waals surface area (Å²) >= 11 is 0. The van der Waals surface area contributed by atoms with Crippen LogP contribution in [-0.4, -0.2) is 93.9 Å². The van der Waals surface area contributed by atoms with Crippen molar-refractivity contribution in [2.24, 2.45) is 22.7 Å². The number of amides is 1. The van der Waals surface area contributed by atoms with E-state index in [9.17, 15) is 44.6 Å². The lowest BCUT2D eigenvalue weighted by molar-refractivity contribution is -0.757. The molecular weight excluding hydrogens is 599 g/mol. The van der Waals surface area contributed by atoms with Crippen LogP contribution in [0.2, 0.25) is 0 Å². The van der Waals surface area contributed by atoms with Crippen LogP contribution < -0.4 is 5.32 Å². The highest BCUT2D eigenvalue weighted by Gasteiger charge is 2.76. The van der Waals surface area contributed by atoms with Crippen molar-refractivity contribution < 1.29 is 58.3 Å². The molecule has 4 aliphatic rings. The highest BCUT2D eigenvalue weighted by molar-refractivity contribution is 6.01. The number of esters is 1. The number of allylic oxidation sites excluding steroid dienone is 4. The van der Waals surface area contributed by atoms with Crippen LogP contribution in [0.1, 0.15) is 65.2 Å². The van der Waals surface area contributed by atoms with Gasteiger partial charge < -0.3 is 34.9 Å². The van der Waals surface area contributed by atoms with Gasteiger partial charge in [-0.15, -0.1) is 10.1 Å². The Labute approximate surface area is 259 Å². The fourth-order valence-electron chi connectivity index (χ4n) is 8.10. The van der Waals surface area contributed by atoms with E-state index in [0.717, 1.165) is 0 Å². The topological polar surface area (TPSA) is 212 Å². The summed E-state index contributed by atoms with van der Waals surface area (Å²) in [7, 11) is 0. The van der Waals surface area contributed by atoms with E-state index in [1.54, 1.807) is 6.92 Å². The zero-order valence-electron chi connectivity index (χ0n) is 25.4. The monoisotopic (exact) mass is 640 g/mol. The molecule has 2 unspecified atom stereocenters. The number of ketones is 2. The van der Waals surface area contributed by atoms with Gasteiger partial charge in [0.15, 0.2) is 23.7 Å². The number of alkyl halides is 1. The van der Waals surface area contributed by atoms with Gasteiger partial charge >= 0.3 is 12.1 Å². The molecule has 4 rings (SSSR count). The van der Waals surface area contributed by atoms with Gasteiger partial charge in [0, 0.05) is 16.7 Å². The van der Waals surface area contributed by atoms with Gasteiger partial charge in [-0.2, -0.15) is 0 Å². The molecule has 4 N–H and O–H groups in total. The highest BCUT2D eigenvalue weighted by atomic mass is 19.1. The molecule has 0 radical (unpaired) electrons. The summed E-state index contributed by atoms with van der Waals surface area (Å²) in [5, 5.41) is 45.5. The molecule has 0 heterocycles. The number of alkyl carbamates (subject to hydrolysis) is 1. The summed E-state index contributed by atoms with van der Waals surface area (Å²) < 4.78 is 27.1. The van der Waals surface area contributed by atoms with E-state index in [-0.39, 0.29) is 38.3 Å². The Morgan fingerprint density at radius 2 is 1.78 bits per heavy atom. The number of hydrogen-bond acceptors (Lipinski definition) is 12. The van der Waals surface area contributed by atoms with Crippen molar-refractivity contribution in [1.82, 2.24) is 5.32 Å². The lowest BCUT2D eigenvalue weighted by Gasteiger charge is -2.62. The lowest BCUT2D eigenvalue weighted by Crippen LogP contribution is -2.69. The first-order chi connectivity index (χ1) is 21.1. The van der Waals surface area contributed by atoms with Gasteiger partial charge in [-0.1, -0.05) is 25.0 Å². The van der Waals surface area contributed by atoms with E-state index >= 15 is 4.39 Å². The third kappa shape index (κ3) is 6.09. The summed E-state index contributed by atoms with van der Waals surface area (Å²) in [6.45, 7) is 1.70. The molecule has 0 aromatic rings. The number of aliphatic hydroxyl groups excluding tert-OH is 2. The molecule has 15 heteroatoms. The summed E-state index contributed by atoms with van der Waals surface area (Å²) in [4.78, 5) is 63.7. The van der Waals surface area contributed by atoms with Crippen molar-refractivity contribution in [2.75, 3.05) is 26.4 Å². The molecule has 0 bridgehead atoms. The van der Waals surface area contributed by atoms with Gasteiger partial charge in [0.1, 0.15) is 6.54 Å². The van der Waals surface area contributed by atoms with Crippen LogP contribution >= 0.6 is 0 Å². The van der Waals surface area contributed by atoms with Crippen LogP contribution in [0.4, 0.5) is 9.18 Å². The number of ether oxygens (including phenoxy) is 2. The van der Waals surface area contributed by atoms with Crippen molar-refractivity contribution in [3.63, 3.8) is 0 Å². The first-order valence-corrected chi connectivity index (χ1v) is 15.2. The summed E-state index contributed by atoms with van der Waals surface area (Å²) in [5.74, 6) is -3.61. The average Bonchev–Trinajstić information content (AvgIpc) is 3.18. The van der Waals surface area contributed by atoms with E-state index in [4.69, 9.17) is 9.47 Å². The Balaban J connectivity index is 1.30. The Hall–Kier alpha value is -3.43. The molecule has 3 saturated carbocycles. The molecule has 8 atom stereocenters. The first kappa shape index (κ1) is 34.4. The normalized spacial score (nSPS) is 36.6. The van der Waals surface area contributed by atoms with E-state index in [0.29, 0.717) is 37.7 Å². The van der Waals surface area contributed by atoms with Crippen molar-refractivity contribution in [2.45, 2.75) is 88.7 Å². The van der Waals surface area contributed by atoms with Gasteiger partial charge in [-0.05, 0) is 69.9 Å². The fourth-order valence-corrected chi connectivity index (χ4v) is 8.10. The lowest BCUT2D eigenvalue weighted by atomic mass is 9.44. The van der Waals surface area contributed by atoms with E-state index in [1.165, 1.54) is 25.2 Å². The number of halogens is 1. The number of unbranched alkanes of at least 4 members (excludes halogenated alkanes) is 3. The van der Waals surface area contributed by atoms with Crippen molar-refractivity contribution in [3.8, 4) is 0 Å². The number of carbonyl (C=O) groups is 4. The highest BCUT2D eigenvalue weighted by Crippen LogP contribution is 2.69. The Bertz CT molecular complexity index is 1270. The van der Waals surface area contributed by atoms with Gasteiger partial charge in [-0.3, -0.25) is 14.4 Å². The van der Waals surface area contributed by atoms with Crippen LogP contribution in [-0.2, 0) is 28.7 Å². The quantitative estimate of drug-likeness (QED) is 0.0980. The number of aliphatic hydroxyl groups is 3. The molecule has 0 spiro atoms. The molecule has 1 amide bonds. The van der Waals surface area contributed by atoms with Crippen LogP contribution in [0.5, 0.6) is 0 Å². The second-order valence-electron chi connectivity index (χ2n) is 12.8. The van der Waals surface area contributed by atoms with Gasteiger partial charge in [0.25, 0.3) is 5.09 Å². The molecule has 0 aromatic carbocycles. The maximum Gasteiger partial charge on any atom is 0.408 e. The standard InChI is InChI=1S/C30H41FN2O12/c1-27-10-9-19(34)13-18(27)7-8-20-21-14-22(35)30(40,28(21,2)15-23(36)29(20,27)31)24(37)17-44-26(39)32-16-25(38)43-11-5-3-4-6-12-45-33(41)42/h9-10,13,20-23,35-36,40H,3-8,11-12,14-17H2,1-2H3,(H,32,39)/t20?,21?,22-,23+,27+,28+,29+,30+/m1/s1. The summed E-state index contributed by atoms with van der Waals surface area (Å²) in [6, 6.07) is 0. The predicted octanol–water partition coefficient (Wildman–Crippen LogP) is 1.67. The van der Waals surface area contributed by atoms with E-state index in [1.807, 2.05) is 0 Å². The number of fused-ring (bicyclic) bond motifs is 5. The largest absolute Gasteiger partial charge is 0.464 e. The molecule has 0 saturated heterocycles. The first-order valence-electron chi connectivity index (χ1n) is 15.2. The summed E-state index contributed by atoms with van der Waals surface area (Å²) in [5.41, 5.74) is -6.84. The minimum atomic E-state index is -2.45. The predicted molar refractivity (Wildman–Crippen MR) is 151 cm³/mol. The van der Waals surface area contributed by atoms with Gasteiger partial charge in [-0.25, -0.2) is 9.18 Å². The van der Waals surface area contributed by atoms with E-state index in [2.05, 4.69) is 10.2 Å². The number of rotatable bonds is 13. The molecule has 3 fully saturated rings. The Morgan fingerprint density at radius 1 is 1.09 bits per heavy atom. The molecule has 4 aliphatic carbocycles. The molecule has 0 aliphatic heterocycles. The summed E-state index contributed by atoms with van der Waals surface area (Å²) in [6.07, 6.45) is 2.12. The molecular formula is C30H41FN2O12. The molecule has 14 nitrogen and oxygen atoms in total. The Morgan fingerprint density at radius 3 is 2.47 bits per heavy atom. The van der Waals surface area contributed by atoms with Gasteiger partial charge in [0.05, 0.1) is 25.4 Å². The zero-order valence-corrected chi connectivity index (χ0v) is 25.4. The van der Waals surface area contributed by atoms with Crippen LogP contribution in [0.25, 0.3) is 0 Å². The minimum Gasteiger partial charge on any atom is -0.464 e. The molecule has 0 aromatic heterocycles. The van der Waals surface area contributed by atoms with E-state index < -0.39 is 82.2 Å². The third-order valence-corrected chi connectivity index (χ3v) is 10.5. The number of hydrogen-bond donors (Lipinski definition) is 4. The molecule has 45 heavy (non-hydrogen) atoms. The Kier molecular flexibility index (Phi) is 10.0. The second kappa shape index (κ2) is 13.1. The van der Waals surface area contributed by atoms with Crippen LogP contribution in [0, 0.1) is 32.8 Å². The fraction of sp³-hybridized carbons (Fsp3) is 0.733. The number of nitrogens with zero attached hydrogens (tertiary/aromatic N) is 1. The number of Topliss-reactive ketones (excluding diaryl/α,β-unsaturated/α-hetero) is 1. The third-order valence-electron chi connectivity index (χ3n) is 10.5. The SMILES string of the molecule is C[C@]12C=CC(=O)C=C1CCC1C3C[C@@H](O)[C@](O)(C(=O)COC(=O)NCC(=O)OCCCCCCO[N+](=O)[O-])[C@@]3(C)C[C@H](O)[C@@]12F. The zero-order chi connectivity index (χ0) is 33.2. The molecule has 250 valence electrons. The van der Waals surface area contributed by atoms with Crippen LogP contribution in [0.15, 0.2) is 23.8 Å². The van der Waals surface area contributed by atoms with Crippen molar-refractivity contribution >= 4 is 23.6 Å². The minimum absolute atomic E-state index is 0.0156. The average molecular weight is 641 g/mol. The van der Waals surface area contributed by atoms with Crippen LogP contribution in [0.3, 0.4) is 0 Å². The number of carbonyl (C=O) groups excluding carboxylic acids is 4. The maximum atomic E-state index is 17.2. The van der Waals surface area contributed by atoms with Gasteiger partial charge in [0.2, 0.25) is 5.78 Å². The van der Waals surface area contributed by atoms with Crippen molar-refractivity contribution in [1.29, 1.82) is 0 Å². The maximum absolute atomic E-state index is 17.2. The van der Waals surface area contributed by atoms with Crippen molar-refractivity contribution in [3.05, 3.63) is 33.9 Å².